The molecule has 20 heavy (non-hydrogen) atoms. The topological polar surface area (TPSA) is 12.0 Å². The molecule has 2 aliphatic rings. The largest absolute Gasteiger partial charge is 0.369 e. The highest BCUT2D eigenvalue weighted by Crippen LogP contribution is 2.53. The van der Waals surface area contributed by atoms with E-state index in [-0.39, 0.29) is 4.87 Å². The summed E-state index contributed by atoms with van der Waals surface area (Å²) in [4.78, 5) is 1.68. The Bertz CT molecular complexity index is 573. The van der Waals surface area contributed by atoms with Gasteiger partial charge in [-0.25, -0.2) is 0 Å². The number of rotatable bonds is 1. The monoisotopic (exact) mass is 281 g/mol. The van der Waals surface area contributed by atoms with Crippen LogP contribution >= 0.6 is 11.8 Å². The zero-order chi connectivity index (χ0) is 13.4. The molecule has 0 saturated heterocycles. The number of hydrogen-bond donors (Lipinski definition) is 1. The fourth-order valence-electron chi connectivity index (χ4n) is 3.51. The molecule has 1 fully saturated rings. The molecule has 1 N–H and O–H groups in total. The predicted octanol–water partition coefficient (Wildman–Crippen LogP) is 5.26. The zero-order valence-corrected chi connectivity index (χ0v) is 12.3. The van der Waals surface area contributed by atoms with Crippen molar-refractivity contribution in [1.82, 2.24) is 0 Å². The molecule has 0 unspecified atom stereocenters. The van der Waals surface area contributed by atoms with Gasteiger partial charge in [0.1, 0.15) is 0 Å². The third-order valence-corrected chi connectivity index (χ3v) is 6.10. The molecule has 2 heteroatoms. The number of anilines is 1. The number of benzene rings is 2. The number of hydrogen-bond acceptors (Lipinski definition) is 2. The Kier molecular flexibility index (Phi) is 2.99. The number of thioether (sulfide) groups is 1. The Morgan fingerprint density at radius 3 is 2.35 bits per heavy atom. The van der Waals surface area contributed by atoms with E-state index < -0.39 is 0 Å². The van der Waals surface area contributed by atoms with Gasteiger partial charge >= 0.3 is 0 Å². The normalized spacial score (nSPS) is 28.1. The lowest BCUT2D eigenvalue weighted by atomic mass is 9.81. The zero-order valence-electron chi connectivity index (χ0n) is 11.5. The van der Waals surface area contributed by atoms with Crippen LogP contribution in [0.25, 0.3) is 0 Å². The van der Waals surface area contributed by atoms with E-state index in [1.165, 1.54) is 41.8 Å². The minimum Gasteiger partial charge on any atom is -0.369 e. The Hall–Kier alpha value is -1.41. The molecule has 1 nitrogen and oxygen atoms in total. The fraction of sp³-hybridized carbons (Fsp3) is 0.333. The molecule has 2 aromatic carbocycles. The lowest BCUT2D eigenvalue weighted by molar-refractivity contribution is 0.389. The maximum absolute atomic E-state index is 3.78. The van der Waals surface area contributed by atoms with Crippen LogP contribution in [0.15, 0.2) is 59.5 Å². The summed E-state index contributed by atoms with van der Waals surface area (Å²) in [5, 5.41) is 3.78. The van der Waals surface area contributed by atoms with Crippen molar-refractivity contribution in [3.8, 4) is 0 Å². The van der Waals surface area contributed by atoms with Gasteiger partial charge in [0.05, 0.1) is 4.87 Å². The van der Waals surface area contributed by atoms with Crippen molar-refractivity contribution in [2.24, 2.45) is 0 Å². The van der Waals surface area contributed by atoms with Gasteiger partial charge in [0, 0.05) is 10.6 Å². The third kappa shape index (κ3) is 2.12. The minimum absolute atomic E-state index is 0.259. The number of para-hydroxylation sites is 1. The molecule has 0 bridgehead atoms. The molecular formula is C18H19NS. The maximum atomic E-state index is 3.78. The first-order chi connectivity index (χ1) is 9.85. The van der Waals surface area contributed by atoms with Gasteiger partial charge in [0.2, 0.25) is 0 Å². The van der Waals surface area contributed by atoms with E-state index in [2.05, 4.69) is 59.9 Å². The first-order valence-corrected chi connectivity index (χ1v) is 8.28. The fourth-order valence-corrected chi connectivity index (χ4v) is 4.91. The molecule has 0 atom stereocenters. The molecule has 2 aromatic rings. The Morgan fingerprint density at radius 2 is 1.60 bits per heavy atom. The lowest BCUT2D eigenvalue weighted by Crippen LogP contribution is -2.35. The molecule has 1 aliphatic carbocycles. The SMILES string of the molecule is c1ccc(C2CCC3(CC2)Nc2ccccc2S3)cc1. The van der Waals surface area contributed by atoms with Crippen molar-refractivity contribution in [1.29, 1.82) is 0 Å². The summed E-state index contributed by atoms with van der Waals surface area (Å²) in [5.74, 6) is 0.743. The molecule has 102 valence electrons. The molecular weight excluding hydrogens is 262 g/mol. The van der Waals surface area contributed by atoms with Crippen LogP contribution in [0.5, 0.6) is 0 Å². The van der Waals surface area contributed by atoms with Gasteiger partial charge in [-0.3, -0.25) is 0 Å². The quantitative estimate of drug-likeness (QED) is 0.765. The second-order valence-corrected chi connectivity index (χ2v) is 7.33. The number of fused-ring (bicyclic) bond motifs is 1. The van der Waals surface area contributed by atoms with Crippen LogP contribution in [-0.2, 0) is 0 Å². The van der Waals surface area contributed by atoms with E-state index >= 15 is 0 Å². The van der Waals surface area contributed by atoms with Gasteiger partial charge < -0.3 is 5.32 Å². The van der Waals surface area contributed by atoms with Crippen LogP contribution in [0.4, 0.5) is 5.69 Å². The van der Waals surface area contributed by atoms with E-state index in [4.69, 9.17) is 0 Å². The summed E-state index contributed by atoms with van der Waals surface area (Å²) < 4.78 is 0. The second-order valence-electron chi connectivity index (χ2n) is 5.90. The lowest BCUT2D eigenvalue weighted by Gasteiger charge is -2.37. The van der Waals surface area contributed by atoms with E-state index in [0.717, 1.165) is 5.92 Å². The Morgan fingerprint density at radius 1 is 0.900 bits per heavy atom. The van der Waals surface area contributed by atoms with Crippen LogP contribution in [-0.4, -0.2) is 4.87 Å². The van der Waals surface area contributed by atoms with Crippen molar-refractivity contribution in [2.75, 3.05) is 5.32 Å². The summed E-state index contributed by atoms with van der Waals surface area (Å²) in [6, 6.07) is 19.7. The summed E-state index contributed by atoms with van der Waals surface area (Å²) in [7, 11) is 0. The highest BCUT2D eigenvalue weighted by Gasteiger charge is 2.40. The van der Waals surface area contributed by atoms with Crippen LogP contribution < -0.4 is 5.32 Å². The van der Waals surface area contributed by atoms with Crippen molar-refractivity contribution in [2.45, 2.75) is 41.4 Å². The first kappa shape index (κ1) is 12.3. The summed E-state index contributed by atoms with van der Waals surface area (Å²) in [5.41, 5.74) is 2.85. The standard InChI is InChI=1S/C18H19NS/c1-2-6-14(7-3-1)15-10-12-18(13-11-15)19-16-8-4-5-9-17(16)20-18/h1-9,15,19H,10-13H2. The number of nitrogens with one attached hydrogen (secondary N) is 1. The molecule has 4 rings (SSSR count). The van der Waals surface area contributed by atoms with Crippen LogP contribution in [0.3, 0.4) is 0 Å². The van der Waals surface area contributed by atoms with Crippen molar-refractivity contribution in [3.05, 3.63) is 60.2 Å². The predicted molar refractivity (Wildman–Crippen MR) is 86.3 cm³/mol. The van der Waals surface area contributed by atoms with E-state index in [9.17, 15) is 0 Å². The van der Waals surface area contributed by atoms with Crippen molar-refractivity contribution < 1.29 is 0 Å². The van der Waals surface area contributed by atoms with Gasteiger partial charge in [-0.15, -0.1) is 0 Å². The van der Waals surface area contributed by atoms with Gasteiger partial charge in [-0.1, -0.05) is 54.2 Å². The average molecular weight is 281 g/mol. The van der Waals surface area contributed by atoms with Gasteiger partial charge in [-0.05, 0) is 49.3 Å². The summed E-state index contributed by atoms with van der Waals surface area (Å²) in [6.07, 6.45) is 5.09. The van der Waals surface area contributed by atoms with Crippen molar-refractivity contribution in [3.63, 3.8) is 0 Å². The highest BCUT2D eigenvalue weighted by molar-refractivity contribution is 8.01. The molecule has 1 heterocycles. The maximum Gasteiger partial charge on any atom is 0.0881 e. The van der Waals surface area contributed by atoms with Crippen LogP contribution in [0.1, 0.15) is 37.2 Å². The molecule has 1 spiro atoms. The molecule has 0 radical (unpaired) electrons. The van der Waals surface area contributed by atoms with E-state index in [1.807, 2.05) is 11.8 Å². The van der Waals surface area contributed by atoms with E-state index in [1.54, 1.807) is 0 Å². The average Bonchev–Trinajstić information content (AvgIpc) is 2.86. The molecule has 1 aliphatic heterocycles. The Labute approximate surface area is 124 Å². The molecule has 0 aromatic heterocycles. The van der Waals surface area contributed by atoms with Gasteiger partial charge in [-0.2, -0.15) is 0 Å². The minimum atomic E-state index is 0.259. The first-order valence-electron chi connectivity index (χ1n) is 7.46. The van der Waals surface area contributed by atoms with Gasteiger partial charge in [0.15, 0.2) is 0 Å². The smallest absolute Gasteiger partial charge is 0.0881 e. The van der Waals surface area contributed by atoms with Crippen molar-refractivity contribution >= 4 is 17.4 Å². The summed E-state index contributed by atoms with van der Waals surface area (Å²) >= 11 is 2.05. The highest BCUT2D eigenvalue weighted by atomic mass is 32.2. The van der Waals surface area contributed by atoms with Crippen LogP contribution in [0.2, 0.25) is 0 Å². The third-order valence-electron chi connectivity index (χ3n) is 4.62. The molecule has 1 saturated carbocycles. The summed E-state index contributed by atoms with van der Waals surface area (Å²) in [6.45, 7) is 0. The van der Waals surface area contributed by atoms with Gasteiger partial charge in [0.25, 0.3) is 0 Å². The second kappa shape index (κ2) is 4.85. The molecule has 0 amide bonds. The van der Waals surface area contributed by atoms with Crippen LogP contribution in [0, 0.1) is 0 Å². The Balaban J connectivity index is 1.49. The van der Waals surface area contributed by atoms with E-state index in [0.29, 0.717) is 0 Å².